The van der Waals surface area contributed by atoms with E-state index in [0.717, 1.165) is 37.7 Å². The molecule has 0 bridgehead atoms. The molecule has 5 heteroatoms. The number of nitrogens with zero attached hydrogens (tertiary/aromatic N) is 1. The minimum atomic E-state index is 0.531. The van der Waals surface area contributed by atoms with Gasteiger partial charge in [0.05, 0.1) is 26.4 Å². The van der Waals surface area contributed by atoms with Gasteiger partial charge in [-0.2, -0.15) is 0 Å². The number of hydrogen-bond donors (Lipinski definition) is 1. The van der Waals surface area contributed by atoms with Crippen LogP contribution in [-0.4, -0.2) is 57.6 Å². The Kier molecular flexibility index (Phi) is 9.61. The summed E-state index contributed by atoms with van der Waals surface area (Å²) in [4.78, 5) is 2.33. The fraction of sp³-hybridized carbons (Fsp3) is 0.625. The fourth-order valence-electron chi connectivity index (χ4n) is 1.84. The highest BCUT2D eigenvalue weighted by atomic mass is 16.5. The van der Waals surface area contributed by atoms with Gasteiger partial charge >= 0.3 is 0 Å². The minimum absolute atomic E-state index is 0.531. The summed E-state index contributed by atoms with van der Waals surface area (Å²) in [5.74, 6) is 0.809. The summed E-state index contributed by atoms with van der Waals surface area (Å²) in [5, 5.41) is 0. The van der Waals surface area contributed by atoms with E-state index in [1.165, 1.54) is 0 Å². The number of likely N-dealkylation sites (N-methyl/N-ethyl adjacent to an activating group) is 1. The van der Waals surface area contributed by atoms with Crippen molar-refractivity contribution in [1.29, 1.82) is 0 Å². The van der Waals surface area contributed by atoms with Crippen LogP contribution in [0.3, 0.4) is 0 Å². The summed E-state index contributed by atoms with van der Waals surface area (Å²) in [6.07, 6.45) is 0. The summed E-state index contributed by atoms with van der Waals surface area (Å²) in [6, 6.07) is 7.34. The second-order valence-corrected chi connectivity index (χ2v) is 4.67. The third-order valence-corrected chi connectivity index (χ3v) is 3.19. The highest BCUT2D eigenvalue weighted by Gasteiger charge is 1.98. The smallest absolute Gasteiger partial charge is 0.119 e. The molecular formula is C16H28N2O3. The van der Waals surface area contributed by atoms with Crippen molar-refractivity contribution in [3.05, 3.63) is 24.3 Å². The standard InChI is InChI=1S/C16H28N2O3/c1-3-18(4-2)9-10-19-11-12-20-13-14-21-16-7-5-15(17)6-8-16/h5-8H,3-4,9-14,17H2,1-2H3. The molecular weight excluding hydrogens is 268 g/mol. The number of hydrogen-bond acceptors (Lipinski definition) is 5. The first kappa shape index (κ1) is 17.8. The molecule has 0 heterocycles. The van der Waals surface area contributed by atoms with E-state index in [1.807, 2.05) is 24.3 Å². The Labute approximate surface area is 128 Å². The zero-order chi connectivity index (χ0) is 15.3. The van der Waals surface area contributed by atoms with Gasteiger partial charge in [0, 0.05) is 12.2 Å². The van der Waals surface area contributed by atoms with E-state index in [9.17, 15) is 0 Å². The van der Waals surface area contributed by atoms with Crippen molar-refractivity contribution >= 4 is 5.69 Å². The number of nitrogens with two attached hydrogens (primary N) is 1. The normalized spacial score (nSPS) is 11.0. The summed E-state index contributed by atoms with van der Waals surface area (Å²) in [5.41, 5.74) is 6.34. The zero-order valence-corrected chi connectivity index (χ0v) is 13.2. The largest absolute Gasteiger partial charge is 0.491 e. The summed E-state index contributed by atoms with van der Waals surface area (Å²) in [6.45, 7) is 10.5. The van der Waals surface area contributed by atoms with Gasteiger partial charge in [0.2, 0.25) is 0 Å². The zero-order valence-electron chi connectivity index (χ0n) is 13.2. The second kappa shape index (κ2) is 11.4. The van der Waals surface area contributed by atoms with Crippen LogP contribution in [-0.2, 0) is 9.47 Å². The molecule has 21 heavy (non-hydrogen) atoms. The first-order valence-electron chi connectivity index (χ1n) is 7.62. The van der Waals surface area contributed by atoms with E-state index in [-0.39, 0.29) is 0 Å². The number of anilines is 1. The van der Waals surface area contributed by atoms with Gasteiger partial charge in [-0.3, -0.25) is 0 Å². The van der Waals surface area contributed by atoms with E-state index < -0.39 is 0 Å². The number of rotatable bonds is 12. The van der Waals surface area contributed by atoms with Crippen molar-refractivity contribution in [2.45, 2.75) is 13.8 Å². The van der Waals surface area contributed by atoms with Crippen LogP contribution >= 0.6 is 0 Å². The van der Waals surface area contributed by atoms with Crippen molar-refractivity contribution in [2.75, 3.05) is 58.4 Å². The minimum Gasteiger partial charge on any atom is -0.491 e. The molecule has 0 saturated carbocycles. The van der Waals surface area contributed by atoms with Crippen molar-refractivity contribution in [1.82, 2.24) is 4.90 Å². The molecule has 120 valence electrons. The lowest BCUT2D eigenvalue weighted by Gasteiger charge is -2.17. The Morgan fingerprint density at radius 1 is 0.857 bits per heavy atom. The SMILES string of the molecule is CCN(CC)CCOCCOCCOc1ccc(N)cc1. The van der Waals surface area contributed by atoms with Crippen molar-refractivity contribution in [3.8, 4) is 5.75 Å². The number of benzene rings is 1. The number of nitrogen functional groups attached to an aromatic ring is 1. The van der Waals surface area contributed by atoms with Gasteiger partial charge in [0.1, 0.15) is 12.4 Å². The molecule has 0 amide bonds. The molecule has 2 N–H and O–H groups in total. The molecule has 1 rings (SSSR count). The van der Waals surface area contributed by atoms with Crippen LogP contribution in [0.25, 0.3) is 0 Å². The molecule has 0 aliphatic carbocycles. The first-order valence-corrected chi connectivity index (χ1v) is 7.62. The predicted molar refractivity (Wildman–Crippen MR) is 85.8 cm³/mol. The van der Waals surface area contributed by atoms with Crippen LogP contribution in [0.2, 0.25) is 0 Å². The monoisotopic (exact) mass is 296 g/mol. The number of ether oxygens (including phenoxy) is 3. The van der Waals surface area contributed by atoms with Gasteiger partial charge in [-0.15, -0.1) is 0 Å². The highest BCUT2D eigenvalue weighted by Crippen LogP contribution is 2.12. The average Bonchev–Trinajstić information content (AvgIpc) is 2.51. The van der Waals surface area contributed by atoms with Crippen LogP contribution in [0.4, 0.5) is 5.69 Å². The first-order chi connectivity index (χ1) is 10.3. The topological polar surface area (TPSA) is 57.0 Å². The van der Waals surface area contributed by atoms with Crippen molar-refractivity contribution in [2.24, 2.45) is 0 Å². The molecule has 0 saturated heterocycles. The van der Waals surface area contributed by atoms with Crippen LogP contribution in [0.5, 0.6) is 5.75 Å². The van der Waals surface area contributed by atoms with Crippen molar-refractivity contribution < 1.29 is 14.2 Å². The van der Waals surface area contributed by atoms with E-state index >= 15 is 0 Å². The van der Waals surface area contributed by atoms with E-state index in [4.69, 9.17) is 19.9 Å². The molecule has 0 aromatic heterocycles. The maximum absolute atomic E-state index is 5.60. The Morgan fingerprint density at radius 2 is 1.43 bits per heavy atom. The summed E-state index contributed by atoms with van der Waals surface area (Å²) in [7, 11) is 0. The maximum atomic E-state index is 5.60. The lowest BCUT2D eigenvalue weighted by Crippen LogP contribution is -2.27. The molecule has 0 aliphatic heterocycles. The van der Waals surface area contributed by atoms with Crippen molar-refractivity contribution in [3.63, 3.8) is 0 Å². The van der Waals surface area contributed by atoms with Crippen LogP contribution < -0.4 is 10.5 Å². The quantitative estimate of drug-likeness (QED) is 0.472. The molecule has 0 fully saturated rings. The van der Waals surface area contributed by atoms with Gasteiger partial charge < -0.3 is 24.8 Å². The second-order valence-electron chi connectivity index (χ2n) is 4.67. The lowest BCUT2D eigenvalue weighted by molar-refractivity contribution is 0.0300. The third-order valence-electron chi connectivity index (χ3n) is 3.19. The maximum Gasteiger partial charge on any atom is 0.119 e. The molecule has 5 nitrogen and oxygen atoms in total. The molecule has 0 spiro atoms. The fourth-order valence-corrected chi connectivity index (χ4v) is 1.84. The average molecular weight is 296 g/mol. The van der Waals surface area contributed by atoms with Crippen LogP contribution in [0.1, 0.15) is 13.8 Å². The molecule has 0 radical (unpaired) electrons. The molecule has 0 atom stereocenters. The van der Waals surface area contributed by atoms with E-state index in [2.05, 4.69) is 18.7 Å². The Balaban J connectivity index is 1.90. The lowest BCUT2D eigenvalue weighted by atomic mass is 10.3. The summed E-state index contributed by atoms with van der Waals surface area (Å²) >= 11 is 0. The third kappa shape index (κ3) is 8.55. The van der Waals surface area contributed by atoms with E-state index in [0.29, 0.717) is 26.4 Å². The Morgan fingerprint density at radius 3 is 2.05 bits per heavy atom. The van der Waals surface area contributed by atoms with Gasteiger partial charge in [-0.05, 0) is 37.4 Å². The molecule has 1 aromatic rings. The molecule has 0 aliphatic rings. The Bertz CT molecular complexity index is 353. The van der Waals surface area contributed by atoms with Crippen LogP contribution in [0.15, 0.2) is 24.3 Å². The van der Waals surface area contributed by atoms with Gasteiger partial charge in [-0.1, -0.05) is 13.8 Å². The van der Waals surface area contributed by atoms with Crippen LogP contribution in [0, 0.1) is 0 Å². The predicted octanol–water partition coefficient (Wildman–Crippen LogP) is 2.02. The molecule has 1 aromatic carbocycles. The van der Waals surface area contributed by atoms with E-state index in [1.54, 1.807) is 0 Å². The van der Waals surface area contributed by atoms with Gasteiger partial charge in [-0.25, -0.2) is 0 Å². The van der Waals surface area contributed by atoms with Gasteiger partial charge in [0.25, 0.3) is 0 Å². The summed E-state index contributed by atoms with van der Waals surface area (Å²) < 4.78 is 16.5. The van der Waals surface area contributed by atoms with Gasteiger partial charge in [0.15, 0.2) is 0 Å². The Hall–Kier alpha value is -1.30. The highest BCUT2D eigenvalue weighted by molar-refractivity contribution is 5.41. The molecule has 0 unspecified atom stereocenters.